The van der Waals surface area contributed by atoms with Crippen LogP contribution in [0.5, 0.6) is 5.75 Å². The average molecular weight is 362 g/mol. The van der Waals surface area contributed by atoms with Crippen LogP contribution in [0.15, 0.2) is 28.7 Å². The summed E-state index contributed by atoms with van der Waals surface area (Å²) in [6.45, 7) is 3.38. The molecular weight excluding hydrogens is 342 g/mol. The molecule has 2 N–H and O–H groups in total. The van der Waals surface area contributed by atoms with E-state index in [1.807, 2.05) is 24.3 Å². The van der Waals surface area contributed by atoms with E-state index < -0.39 is 14.8 Å². The number of nitrogens with two attached hydrogens (primary N) is 1. The maximum atomic E-state index is 11.8. The molecule has 0 bridgehead atoms. The molecule has 2 rings (SSSR count). The second-order valence-electron chi connectivity index (χ2n) is 5.80. The Labute approximate surface area is 128 Å². The average Bonchev–Trinajstić information content (AvgIpc) is 2.79. The first-order valence-electron chi connectivity index (χ1n) is 6.66. The third-order valence-corrected chi connectivity index (χ3v) is 6.48. The number of rotatable bonds is 4. The van der Waals surface area contributed by atoms with Gasteiger partial charge in [0, 0.05) is 10.4 Å². The molecular formula is C14H20BrNO3S. The molecule has 1 aliphatic rings. The Balaban J connectivity index is 2.18. The Bertz CT molecular complexity index is 569. The SMILES string of the molecule is CC(C)([C@H]1CCC[C@H]1Oc1ccc(Br)cc1)S(N)(=O)=O. The van der Waals surface area contributed by atoms with Crippen LogP contribution in [0.4, 0.5) is 0 Å². The van der Waals surface area contributed by atoms with E-state index in [1.54, 1.807) is 13.8 Å². The molecule has 0 saturated heterocycles. The van der Waals surface area contributed by atoms with E-state index in [1.165, 1.54) is 0 Å². The summed E-state index contributed by atoms with van der Waals surface area (Å²) in [6, 6.07) is 7.57. The zero-order valence-electron chi connectivity index (χ0n) is 11.7. The number of halogens is 1. The van der Waals surface area contributed by atoms with Gasteiger partial charge in [0.15, 0.2) is 0 Å². The molecule has 1 saturated carbocycles. The summed E-state index contributed by atoms with van der Waals surface area (Å²) >= 11 is 3.38. The number of hydrogen-bond acceptors (Lipinski definition) is 3. The van der Waals surface area contributed by atoms with Gasteiger partial charge in [-0.2, -0.15) is 0 Å². The molecule has 0 radical (unpaired) electrons. The largest absolute Gasteiger partial charge is 0.490 e. The van der Waals surface area contributed by atoms with Crippen LogP contribution < -0.4 is 9.88 Å². The predicted octanol–water partition coefficient (Wildman–Crippen LogP) is 3.06. The van der Waals surface area contributed by atoms with Crippen molar-refractivity contribution in [2.24, 2.45) is 11.1 Å². The van der Waals surface area contributed by atoms with Gasteiger partial charge in [0.25, 0.3) is 0 Å². The summed E-state index contributed by atoms with van der Waals surface area (Å²) in [5, 5.41) is 5.38. The Morgan fingerprint density at radius 3 is 2.40 bits per heavy atom. The van der Waals surface area contributed by atoms with Gasteiger partial charge in [0.2, 0.25) is 10.0 Å². The van der Waals surface area contributed by atoms with Crippen LogP contribution in [0.1, 0.15) is 33.1 Å². The number of hydrogen-bond donors (Lipinski definition) is 1. The zero-order valence-corrected chi connectivity index (χ0v) is 14.1. The van der Waals surface area contributed by atoms with Crippen LogP contribution in [0.3, 0.4) is 0 Å². The number of primary sulfonamides is 1. The highest BCUT2D eigenvalue weighted by Gasteiger charge is 2.47. The molecule has 0 amide bonds. The van der Waals surface area contributed by atoms with Gasteiger partial charge in [-0.25, -0.2) is 13.6 Å². The van der Waals surface area contributed by atoms with Crippen molar-refractivity contribution in [3.8, 4) is 5.75 Å². The Hall–Kier alpha value is -0.590. The first-order chi connectivity index (χ1) is 9.22. The fourth-order valence-corrected chi connectivity index (χ4v) is 3.72. The van der Waals surface area contributed by atoms with Gasteiger partial charge < -0.3 is 4.74 Å². The molecule has 0 aromatic heterocycles. The second-order valence-corrected chi connectivity index (χ2v) is 8.85. The summed E-state index contributed by atoms with van der Waals surface area (Å²) in [5.41, 5.74) is 0. The fraction of sp³-hybridized carbons (Fsp3) is 0.571. The third-order valence-electron chi connectivity index (χ3n) is 4.18. The first-order valence-corrected chi connectivity index (χ1v) is 9.00. The molecule has 1 aromatic rings. The monoisotopic (exact) mass is 361 g/mol. The maximum Gasteiger partial charge on any atom is 0.214 e. The van der Waals surface area contributed by atoms with Gasteiger partial charge >= 0.3 is 0 Å². The molecule has 1 fully saturated rings. The number of benzene rings is 1. The Morgan fingerprint density at radius 2 is 1.85 bits per heavy atom. The molecule has 20 heavy (non-hydrogen) atoms. The second kappa shape index (κ2) is 5.66. The highest BCUT2D eigenvalue weighted by atomic mass is 79.9. The van der Waals surface area contributed by atoms with Crippen LogP contribution in [-0.4, -0.2) is 19.3 Å². The zero-order chi connectivity index (χ0) is 15.0. The third kappa shape index (κ3) is 3.18. The van der Waals surface area contributed by atoms with E-state index in [0.29, 0.717) is 0 Å². The van der Waals surface area contributed by atoms with Crippen LogP contribution in [0.2, 0.25) is 0 Å². The Morgan fingerprint density at radius 1 is 1.25 bits per heavy atom. The fourth-order valence-electron chi connectivity index (χ4n) is 2.76. The Kier molecular flexibility index (Phi) is 4.47. The summed E-state index contributed by atoms with van der Waals surface area (Å²) < 4.78 is 29.6. The van der Waals surface area contributed by atoms with Gasteiger partial charge in [0.1, 0.15) is 11.9 Å². The number of ether oxygens (including phenoxy) is 1. The van der Waals surface area contributed by atoms with Crippen LogP contribution in [0, 0.1) is 5.92 Å². The highest BCUT2D eigenvalue weighted by molar-refractivity contribution is 9.10. The van der Waals surface area contributed by atoms with Crippen molar-refractivity contribution < 1.29 is 13.2 Å². The van der Waals surface area contributed by atoms with Crippen molar-refractivity contribution in [3.63, 3.8) is 0 Å². The molecule has 1 aromatic carbocycles. The smallest absolute Gasteiger partial charge is 0.214 e. The molecule has 4 nitrogen and oxygen atoms in total. The lowest BCUT2D eigenvalue weighted by Gasteiger charge is -2.33. The minimum Gasteiger partial charge on any atom is -0.490 e. The van der Waals surface area contributed by atoms with Crippen molar-refractivity contribution in [3.05, 3.63) is 28.7 Å². The molecule has 112 valence electrons. The summed E-state index contributed by atoms with van der Waals surface area (Å²) in [6.07, 6.45) is 2.54. The van der Waals surface area contributed by atoms with E-state index in [2.05, 4.69) is 15.9 Å². The van der Waals surface area contributed by atoms with Crippen molar-refractivity contribution in [2.45, 2.75) is 44.0 Å². The lowest BCUT2D eigenvalue weighted by Crippen LogP contribution is -2.48. The van der Waals surface area contributed by atoms with Gasteiger partial charge in [-0.3, -0.25) is 0 Å². The van der Waals surface area contributed by atoms with Crippen LogP contribution in [0.25, 0.3) is 0 Å². The van der Waals surface area contributed by atoms with Crippen molar-refractivity contribution in [2.75, 3.05) is 0 Å². The minimum atomic E-state index is -3.61. The first kappa shape index (κ1) is 15.8. The van der Waals surface area contributed by atoms with E-state index in [9.17, 15) is 8.42 Å². The van der Waals surface area contributed by atoms with Gasteiger partial charge in [-0.1, -0.05) is 15.9 Å². The number of sulfonamides is 1. The van der Waals surface area contributed by atoms with Gasteiger partial charge in [0.05, 0.1) is 4.75 Å². The molecule has 0 heterocycles. The quantitative estimate of drug-likeness (QED) is 0.895. The lowest BCUT2D eigenvalue weighted by molar-refractivity contribution is 0.138. The lowest BCUT2D eigenvalue weighted by atomic mass is 9.91. The van der Waals surface area contributed by atoms with Crippen LogP contribution in [-0.2, 0) is 10.0 Å². The minimum absolute atomic E-state index is 0.0823. The van der Waals surface area contributed by atoms with E-state index >= 15 is 0 Å². The van der Waals surface area contributed by atoms with Crippen LogP contribution >= 0.6 is 15.9 Å². The predicted molar refractivity (Wildman–Crippen MR) is 83.1 cm³/mol. The molecule has 0 aliphatic heterocycles. The van der Waals surface area contributed by atoms with Gasteiger partial charge in [-0.15, -0.1) is 0 Å². The van der Waals surface area contributed by atoms with Crippen molar-refractivity contribution in [1.29, 1.82) is 0 Å². The highest BCUT2D eigenvalue weighted by Crippen LogP contribution is 2.40. The van der Waals surface area contributed by atoms with Crippen molar-refractivity contribution >= 4 is 26.0 Å². The van der Waals surface area contributed by atoms with E-state index in [0.717, 1.165) is 29.5 Å². The molecule has 6 heteroatoms. The molecule has 0 spiro atoms. The summed E-state index contributed by atoms with van der Waals surface area (Å²) in [5.74, 6) is 0.677. The standard InChI is InChI=1S/C14H20BrNO3S/c1-14(2,20(16,17)18)12-4-3-5-13(12)19-11-8-6-10(15)7-9-11/h6-9,12-13H,3-5H2,1-2H3,(H2,16,17,18)/t12-,13+/m0/s1. The van der Waals surface area contributed by atoms with E-state index in [-0.39, 0.29) is 12.0 Å². The molecule has 1 aliphatic carbocycles. The maximum absolute atomic E-state index is 11.8. The van der Waals surface area contributed by atoms with E-state index in [4.69, 9.17) is 9.88 Å². The molecule has 2 atom stereocenters. The molecule has 0 unspecified atom stereocenters. The topological polar surface area (TPSA) is 69.4 Å². The summed E-state index contributed by atoms with van der Waals surface area (Å²) in [4.78, 5) is 0. The normalized spacial score (nSPS) is 23.8. The van der Waals surface area contributed by atoms with Crippen molar-refractivity contribution in [1.82, 2.24) is 0 Å². The van der Waals surface area contributed by atoms with Gasteiger partial charge in [-0.05, 0) is 57.4 Å². The summed E-state index contributed by atoms with van der Waals surface area (Å²) in [7, 11) is -3.61.